The lowest BCUT2D eigenvalue weighted by Crippen LogP contribution is -2.42. The summed E-state index contributed by atoms with van der Waals surface area (Å²) >= 11 is 0. The number of hydrogen-bond donors (Lipinski definition) is 2. The van der Waals surface area contributed by atoms with Gasteiger partial charge >= 0.3 is 5.97 Å². The zero-order valence-corrected chi connectivity index (χ0v) is 8.20. The van der Waals surface area contributed by atoms with E-state index < -0.39 is 23.8 Å². The second-order valence-electron chi connectivity index (χ2n) is 2.77. The third-order valence-corrected chi connectivity index (χ3v) is 1.59. The summed E-state index contributed by atoms with van der Waals surface area (Å²) < 4.78 is 4.34. The smallest absolute Gasteiger partial charge is 0.306 e. The van der Waals surface area contributed by atoms with Crippen molar-refractivity contribution in [2.45, 2.75) is 25.8 Å². The van der Waals surface area contributed by atoms with E-state index in [1.807, 2.05) is 0 Å². The lowest BCUT2D eigenvalue weighted by molar-refractivity contribution is -0.142. The Hall–Kier alpha value is -1.59. The van der Waals surface area contributed by atoms with E-state index in [2.05, 4.69) is 10.1 Å². The minimum Gasteiger partial charge on any atom is -0.469 e. The molecule has 0 aromatic rings. The fraction of sp³-hybridized carbons (Fsp3) is 0.625. The van der Waals surface area contributed by atoms with Gasteiger partial charge in [-0.3, -0.25) is 14.4 Å². The molecule has 0 radical (unpaired) electrons. The highest BCUT2D eigenvalue weighted by Crippen LogP contribution is 1.92. The van der Waals surface area contributed by atoms with Crippen LogP contribution in [0.25, 0.3) is 0 Å². The standard InChI is InChI=1S/C8H14N2O4/c1-5(8(9)13)10-6(11)3-4-7(12)14-2/h5H,3-4H2,1-2H3,(H2,9,13)(H,10,11)/t5-/m0/s1. The van der Waals surface area contributed by atoms with Crippen molar-refractivity contribution < 1.29 is 19.1 Å². The van der Waals surface area contributed by atoms with Crippen LogP contribution in [-0.2, 0) is 19.1 Å². The Morgan fingerprint density at radius 3 is 2.36 bits per heavy atom. The van der Waals surface area contributed by atoms with Gasteiger partial charge in [0, 0.05) is 6.42 Å². The van der Waals surface area contributed by atoms with Crippen LogP contribution in [0.3, 0.4) is 0 Å². The highest BCUT2D eigenvalue weighted by atomic mass is 16.5. The van der Waals surface area contributed by atoms with Gasteiger partial charge in [-0.25, -0.2) is 0 Å². The Morgan fingerprint density at radius 1 is 1.36 bits per heavy atom. The minimum atomic E-state index is -0.722. The predicted molar refractivity (Wildman–Crippen MR) is 48.0 cm³/mol. The summed E-state index contributed by atoms with van der Waals surface area (Å²) in [4.78, 5) is 32.2. The van der Waals surface area contributed by atoms with Crippen LogP contribution in [0.4, 0.5) is 0 Å². The molecule has 0 fully saturated rings. The van der Waals surface area contributed by atoms with Gasteiger partial charge in [0.25, 0.3) is 0 Å². The highest BCUT2D eigenvalue weighted by molar-refractivity contribution is 5.87. The molecule has 0 bridgehead atoms. The summed E-state index contributed by atoms with van der Waals surface area (Å²) in [7, 11) is 1.24. The molecular weight excluding hydrogens is 188 g/mol. The summed E-state index contributed by atoms with van der Waals surface area (Å²) in [6, 6.07) is -0.722. The van der Waals surface area contributed by atoms with Gasteiger partial charge in [-0.2, -0.15) is 0 Å². The number of methoxy groups -OCH3 is 1. The van der Waals surface area contributed by atoms with Crippen LogP contribution < -0.4 is 11.1 Å². The first-order valence-electron chi connectivity index (χ1n) is 4.13. The minimum absolute atomic E-state index is 0.00614. The Kier molecular flexibility index (Phi) is 5.28. The summed E-state index contributed by atoms with van der Waals surface area (Å²) in [6.45, 7) is 1.47. The highest BCUT2D eigenvalue weighted by Gasteiger charge is 2.13. The normalized spacial score (nSPS) is 11.6. The molecule has 6 heteroatoms. The molecule has 0 unspecified atom stereocenters. The van der Waals surface area contributed by atoms with E-state index in [-0.39, 0.29) is 12.8 Å². The van der Waals surface area contributed by atoms with E-state index in [9.17, 15) is 14.4 Å². The van der Waals surface area contributed by atoms with Crippen molar-refractivity contribution in [1.29, 1.82) is 0 Å². The molecule has 2 amide bonds. The van der Waals surface area contributed by atoms with E-state index >= 15 is 0 Å². The van der Waals surface area contributed by atoms with Crippen molar-refractivity contribution in [3.05, 3.63) is 0 Å². The Bertz CT molecular complexity index is 239. The van der Waals surface area contributed by atoms with Crippen molar-refractivity contribution in [1.82, 2.24) is 5.32 Å². The number of nitrogens with one attached hydrogen (secondary N) is 1. The molecule has 0 rings (SSSR count). The van der Waals surface area contributed by atoms with Crippen LogP contribution in [0.2, 0.25) is 0 Å². The number of primary amides is 1. The maximum Gasteiger partial charge on any atom is 0.306 e. The SMILES string of the molecule is COC(=O)CCC(=O)N[C@@H](C)C(N)=O. The summed E-state index contributed by atoms with van der Waals surface area (Å²) in [5.41, 5.74) is 4.92. The van der Waals surface area contributed by atoms with E-state index in [1.165, 1.54) is 14.0 Å². The number of nitrogens with two attached hydrogens (primary N) is 1. The molecule has 0 aromatic carbocycles. The summed E-state index contributed by atoms with van der Waals surface area (Å²) in [5.74, 6) is -1.48. The third-order valence-electron chi connectivity index (χ3n) is 1.59. The van der Waals surface area contributed by atoms with Crippen LogP contribution in [-0.4, -0.2) is 30.9 Å². The van der Waals surface area contributed by atoms with E-state index in [0.717, 1.165) is 0 Å². The molecule has 0 aliphatic carbocycles. The van der Waals surface area contributed by atoms with Crippen molar-refractivity contribution >= 4 is 17.8 Å². The fourth-order valence-corrected chi connectivity index (χ4v) is 0.702. The molecule has 1 atom stereocenters. The monoisotopic (exact) mass is 202 g/mol. The molecule has 0 spiro atoms. The number of rotatable bonds is 5. The van der Waals surface area contributed by atoms with Gasteiger partial charge in [0.05, 0.1) is 13.5 Å². The summed E-state index contributed by atoms with van der Waals surface area (Å²) in [5, 5.41) is 2.34. The van der Waals surface area contributed by atoms with Gasteiger partial charge in [0.2, 0.25) is 11.8 Å². The zero-order chi connectivity index (χ0) is 11.1. The first-order valence-corrected chi connectivity index (χ1v) is 4.13. The van der Waals surface area contributed by atoms with Crippen molar-refractivity contribution in [3.8, 4) is 0 Å². The van der Waals surface area contributed by atoms with E-state index in [4.69, 9.17) is 5.73 Å². The Balaban J connectivity index is 3.76. The second-order valence-corrected chi connectivity index (χ2v) is 2.77. The molecule has 0 aliphatic heterocycles. The lowest BCUT2D eigenvalue weighted by atomic mass is 10.2. The summed E-state index contributed by atoms with van der Waals surface area (Å²) in [6.07, 6.45) is -0.0158. The molecule has 0 aromatic heterocycles. The number of amides is 2. The second kappa shape index (κ2) is 5.95. The predicted octanol–water partition coefficient (Wildman–Crippen LogP) is -1.07. The molecule has 0 saturated heterocycles. The maximum atomic E-state index is 11.1. The van der Waals surface area contributed by atoms with Gasteiger partial charge in [0.1, 0.15) is 6.04 Å². The Morgan fingerprint density at radius 2 is 1.93 bits per heavy atom. The molecule has 0 saturated carbocycles. The number of carbonyl (C=O) groups is 3. The van der Waals surface area contributed by atoms with Gasteiger partial charge in [-0.15, -0.1) is 0 Å². The molecule has 14 heavy (non-hydrogen) atoms. The maximum absolute atomic E-state index is 11.1. The average molecular weight is 202 g/mol. The first-order chi connectivity index (χ1) is 6.47. The van der Waals surface area contributed by atoms with E-state index in [0.29, 0.717) is 0 Å². The molecule has 3 N–H and O–H groups in total. The van der Waals surface area contributed by atoms with Crippen molar-refractivity contribution in [2.24, 2.45) is 5.73 Å². The van der Waals surface area contributed by atoms with Gasteiger partial charge < -0.3 is 15.8 Å². The molecular formula is C8H14N2O4. The van der Waals surface area contributed by atoms with Gasteiger partial charge in [-0.1, -0.05) is 0 Å². The third kappa shape index (κ3) is 5.13. The van der Waals surface area contributed by atoms with Crippen LogP contribution in [0.5, 0.6) is 0 Å². The molecule has 0 heterocycles. The van der Waals surface area contributed by atoms with Crippen LogP contribution in [0.15, 0.2) is 0 Å². The van der Waals surface area contributed by atoms with Gasteiger partial charge in [0.15, 0.2) is 0 Å². The number of hydrogen-bond acceptors (Lipinski definition) is 4. The fourth-order valence-electron chi connectivity index (χ4n) is 0.702. The zero-order valence-electron chi connectivity index (χ0n) is 8.20. The largest absolute Gasteiger partial charge is 0.469 e. The van der Waals surface area contributed by atoms with Crippen LogP contribution in [0.1, 0.15) is 19.8 Å². The number of ether oxygens (including phenoxy) is 1. The molecule has 80 valence electrons. The Labute approximate surface area is 81.8 Å². The van der Waals surface area contributed by atoms with E-state index in [1.54, 1.807) is 0 Å². The van der Waals surface area contributed by atoms with Gasteiger partial charge in [-0.05, 0) is 6.92 Å². The van der Waals surface area contributed by atoms with Crippen LogP contribution >= 0.6 is 0 Å². The number of carbonyl (C=O) groups excluding carboxylic acids is 3. The first kappa shape index (κ1) is 12.4. The topological polar surface area (TPSA) is 98.5 Å². The average Bonchev–Trinajstić information content (AvgIpc) is 2.13. The lowest BCUT2D eigenvalue weighted by Gasteiger charge is -2.09. The quantitative estimate of drug-likeness (QED) is 0.554. The van der Waals surface area contributed by atoms with Crippen LogP contribution in [0, 0.1) is 0 Å². The molecule has 6 nitrogen and oxygen atoms in total. The van der Waals surface area contributed by atoms with Crippen molar-refractivity contribution in [3.63, 3.8) is 0 Å². The molecule has 0 aliphatic rings. The number of esters is 1. The van der Waals surface area contributed by atoms with Crippen molar-refractivity contribution in [2.75, 3.05) is 7.11 Å².